The predicted molar refractivity (Wildman–Crippen MR) is 81.4 cm³/mol. The standard InChI is InChI=1S/C17H20N2O/c1-12-7-8-16(13(2)9-12)17(20)19-11-15-6-4-3-5-14(15)10-18/h3-9H,10-11,18H2,1-2H3,(H,19,20). The Labute approximate surface area is 119 Å². The van der Waals surface area contributed by atoms with E-state index in [2.05, 4.69) is 5.32 Å². The number of carbonyl (C=O) groups excluding carboxylic acids is 1. The number of hydrogen-bond donors (Lipinski definition) is 2. The average Bonchev–Trinajstić information content (AvgIpc) is 2.45. The average molecular weight is 268 g/mol. The topological polar surface area (TPSA) is 55.1 Å². The van der Waals surface area contributed by atoms with Gasteiger partial charge in [-0.2, -0.15) is 0 Å². The Morgan fingerprint density at radius 3 is 2.45 bits per heavy atom. The zero-order valence-electron chi connectivity index (χ0n) is 11.9. The zero-order chi connectivity index (χ0) is 14.5. The van der Waals surface area contributed by atoms with Crippen molar-refractivity contribution in [2.75, 3.05) is 0 Å². The number of rotatable bonds is 4. The molecule has 2 rings (SSSR count). The van der Waals surface area contributed by atoms with Gasteiger partial charge in [0.25, 0.3) is 5.91 Å². The first-order valence-corrected chi connectivity index (χ1v) is 6.74. The van der Waals surface area contributed by atoms with E-state index in [1.165, 1.54) is 0 Å². The smallest absolute Gasteiger partial charge is 0.251 e. The van der Waals surface area contributed by atoms with Crippen molar-refractivity contribution >= 4 is 5.91 Å². The maximum atomic E-state index is 12.2. The summed E-state index contributed by atoms with van der Waals surface area (Å²) >= 11 is 0. The monoisotopic (exact) mass is 268 g/mol. The number of nitrogens with one attached hydrogen (secondary N) is 1. The molecule has 0 fully saturated rings. The summed E-state index contributed by atoms with van der Waals surface area (Å²) in [4.78, 5) is 12.2. The number of aryl methyl sites for hydroxylation is 2. The van der Waals surface area contributed by atoms with E-state index in [-0.39, 0.29) is 5.91 Å². The minimum Gasteiger partial charge on any atom is -0.348 e. The van der Waals surface area contributed by atoms with Gasteiger partial charge in [-0.15, -0.1) is 0 Å². The van der Waals surface area contributed by atoms with Gasteiger partial charge in [0.05, 0.1) is 0 Å². The van der Waals surface area contributed by atoms with Crippen LogP contribution in [0.15, 0.2) is 42.5 Å². The summed E-state index contributed by atoms with van der Waals surface area (Å²) in [6.45, 7) is 4.96. The Kier molecular flexibility index (Phi) is 4.53. The van der Waals surface area contributed by atoms with Gasteiger partial charge in [-0.3, -0.25) is 4.79 Å². The molecule has 0 saturated carbocycles. The number of benzene rings is 2. The van der Waals surface area contributed by atoms with Crippen LogP contribution in [0.4, 0.5) is 0 Å². The van der Waals surface area contributed by atoms with Crippen LogP contribution in [0.25, 0.3) is 0 Å². The normalized spacial score (nSPS) is 10.3. The third-order valence-electron chi connectivity index (χ3n) is 3.40. The molecule has 0 radical (unpaired) electrons. The molecule has 0 unspecified atom stereocenters. The summed E-state index contributed by atoms with van der Waals surface area (Å²) in [5.41, 5.74) is 10.7. The molecule has 0 aliphatic carbocycles. The number of carbonyl (C=O) groups is 1. The van der Waals surface area contributed by atoms with Crippen molar-refractivity contribution < 1.29 is 4.79 Å². The molecule has 0 aliphatic rings. The largest absolute Gasteiger partial charge is 0.348 e. The molecule has 0 aromatic heterocycles. The fourth-order valence-electron chi connectivity index (χ4n) is 2.27. The van der Waals surface area contributed by atoms with E-state index < -0.39 is 0 Å². The van der Waals surface area contributed by atoms with Crippen LogP contribution in [0, 0.1) is 13.8 Å². The number of amides is 1. The number of nitrogens with two attached hydrogens (primary N) is 1. The van der Waals surface area contributed by atoms with Gasteiger partial charge in [0.15, 0.2) is 0 Å². The summed E-state index contributed by atoms with van der Waals surface area (Å²) in [6, 6.07) is 13.7. The molecule has 0 bridgehead atoms. The van der Waals surface area contributed by atoms with Gasteiger partial charge in [0, 0.05) is 18.7 Å². The lowest BCUT2D eigenvalue weighted by atomic mass is 10.0. The molecule has 20 heavy (non-hydrogen) atoms. The summed E-state index contributed by atoms with van der Waals surface area (Å²) in [5, 5.41) is 2.96. The fourth-order valence-corrected chi connectivity index (χ4v) is 2.27. The van der Waals surface area contributed by atoms with Crippen LogP contribution in [0.1, 0.15) is 32.6 Å². The molecule has 104 valence electrons. The van der Waals surface area contributed by atoms with Crippen molar-refractivity contribution in [1.82, 2.24) is 5.32 Å². The Bertz CT molecular complexity index is 620. The van der Waals surface area contributed by atoms with Crippen LogP contribution in [0.2, 0.25) is 0 Å². The molecule has 0 atom stereocenters. The van der Waals surface area contributed by atoms with E-state index >= 15 is 0 Å². The van der Waals surface area contributed by atoms with Crippen LogP contribution in [0.5, 0.6) is 0 Å². The number of hydrogen-bond acceptors (Lipinski definition) is 2. The SMILES string of the molecule is Cc1ccc(C(=O)NCc2ccccc2CN)c(C)c1. The van der Waals surface area contributed by atoms with E-state index in [1.54, 1.807) is 0 Å². The molecule has 1 amide bonds. The molecule has 0 saturated heterocycles. The quantitative estimate of drug-likeness (QED) is 0.895. The molecule has 2 aromatic carbocycles. The highest BCUT2D eigenvalue weighted by atomic mass is 16.1. The molecule has 0 spiro atoms. The molecule has 0 aliphatic heterocycles. The van der Waals surface area contributed by atoms with Crippen molar-refractivity contribution in [1.29, 1.82) is 0 Å². The second-order valence-corrected chi connectivity index (χ2v) is 4.97. The van der Waals surface area contributed by atoms with Crippen molar-refractivity contribution in [3.8, 4) is 0 Å². The van der Waals surface area contributed by atoms with Gasteiger partial charge in [-0.1, -0.05) is 42.0 Å². The minimum atomic E-state index is -0.0469. The molecule has 3 heteroatoms. The molecule has 2 aromatic rings. The minimum absolute atomic E-state index is 0.0469. The Balaban J connectivity index is 2.09. The third-order valence-corrected chi connectivity index (χ3v) is 3.40. The molecule has 3 N–H and O–H groups in total. The summed E-state index contributed by atoms with van der Waals surface area (Å²) in [6.07, 6.45) is 0. The highest BCUT2D eigenvalue weighted by Crippen LogP contribution is 2.12. The second-order valence-electron chi connectivity index (χ2n) is 4.97. The second kappa shape index (κ2) is 6.35. The lowest BCUT2D eigenvalue weighted by molar-refractivity contribution is 0.0950. The molecule has 0 heterocycles. The van der Waals surface area contributed by atoms with E-state index in [1.807, 2.05) is 56.3 Å². The van der Waals surface area contributed by atoms with Crippen LogP contribution < -0.4 is 11.1 Å². The summed E-state index contributed by atoms with van der Waals surface area (Å²) in [7, 11) is 0. The van der Waals surface area contributed by atoms with Gasteiger partial charge in [-0.05, 0) is 36.6 Å². The van der Waals surface area contributed by atoms with Crippen LogP contribution in [-0.2, 0) is 13.1 Å². The van der Waals surface area contributed by atoms with Crippen molar-refractivity contribution in [3.63, 3.8) is 0 Å². The lowest BCUT2D eigenvalue weighted by Gasteiger charge is -2.11. The first-order valence-electron chi connectivity index (χ1n) is 6.74. The van der Waals surface area contributed by atoms with Gasteiger partial charge >= 0.3 is 0 Å². The van der Waals surface area contributed by atoms with Crippen molar-refractivity contribution in [3.05, 3.63) is 70.3 Å². The van der Waals surface area contributed by atoms with Crippen molar-refractivity contribution in [2.45, 2.75) is 26.9 Å². The first-order chi connectivity index (χ1) is 9.61. The fraction of sp³-hybridized carbons (Fsp3) is 0.235. The maximum Gasteiger partial charge on any atom is 0.251 e. The van der Waals surface area contributed by atoms with Gasteiger partial charge < -0.3 is 11.1 Å². The van der Waals surface area contributed by atoms with Gasteiger partial charge in [-0.25, -0.2) is 0 Å². The highest BCUT2D eigenvalue weighted by molar-refractivity contribution is 5.95. The highest BCUT2D eigenvalue weighted by Gasteiger charge is 2.09. The predicted octanol–water partition coefficient (Wildman–Crippen LogP) is 2.69. The summed E-state index contributed by atoms with van der Waals surface area (Å²) in [5.74, 6) is -0.0469. The maximum absolute atomic E-state index is 12.2. The molecule has 3 nitrogen and oxygen atoms in total. The Hall–Kier alpha value is -2.13. The first kappa shape index (κ1) is 14.3. The van der Waals surface area contributed by atoms with Crippen LogP contribution in [-0.4, -0.2) is 5.91 Å². The summed E-state index contributed by atoms with van der Waals surface area (Å²) < 4.78 is 0. The zero-order valence-corrected chi connectivity index (χ0v) is 11.9. The van der Waals surface area contributed by atoms with Crippen LogP contribution in [0.3, 0.4) is 0 Å². The van der Waals surface area contributed by atoms with E-state index in [9.17, 15) is 4.79 Å². The van der Waals surface area contributed by atoms with Gasteiger partial charge in [0.1, 0.15) is 0 Å². The lowest BCUT2D eigenvalue weighted by Crippen LogP contribution is -2.24. The Morgan fingerprint density at radius 2 is 1.80 bits per heavy atom. The van der Waals surface area contributed by atoms with Gasteiger partial charge in [0.2, 0.25) is 0 Å². The van der Waals surface area contributed by atoms with Crippen LogP contribution >= 0.6 is 0 Å². The van der Waals surface area contributed by atoms with E-state index in [4.69, 9.17) is 5.73 Å². The Morgan fingerprint density at radius 1 is 1.10 bits per heavy atom. The van der Waals surface area contributed by atoms with E-state index in [0.717, 1.165) is 27.8 Å². The molecular weight excluding hydrogens is 248 g/mol. The molecular formula is C17H20N2O. The van der Waals surface area contributed by atoms with E-state index in [0.29, 0.717) is 13.1 Å². The van der Waals surface area contributed by atoms with Crippen molar-refractivity contribution in [2.24, 2.45) is 5.73 Å². The third kappa shape index (κ3) is 3.25.